The van der Waals surface area contributed by atoms with E-state index in [9.17, 15) is 4.79 Å². The molecular weight excluding hydrogens is 254 g/mol. The number of aromatic nitrogens is 4. The second kappa shape index (κ2) is 5.48. The molecule has 0 saturated carbocycles. The number of amides is 1. The average Bonchev–Trinajstić information content (AvgIpc) is 3.12. The molecule has 106 valence electrons. The first-order valence-electron chi connectivity index (χ1n) is 6.99. The molecule has 0 aliphatic carbocycles. The lowest BCUT2D eigenvalue weighted by molar-refractivity contribution is -0.133. The number of hydrogen-bond donors (Lipinski definition) is 1. The summed E-state index contributed by atoms with van der Waals surface area (Å²) in [4.78, 5) is 18.5. The van der Waals surface area contributed by atoms with Crippen molar-refractivity contribution in [3.63, 3.8) is 0 Å². The summed E-state index contributed by atoms with van der Waals surface area (Å²) in [5.74, 6) is 1.41. The molecule has 20 heavy (non-hydrogen) atoms. The van der Waals surface area contributed by atoms with E-state index < -0.39 is 0 Å². The maximum absolute atomic E-state index is 12.4. The zero-order chi connectivity index (χ0) is 13.9. The summed E-state index contributed by atoms with van der Waals surface area (Å²) in [5.41, 5.74) is 1.13. The van der Waals surface area contributed by atoms with Gasteiger partial charge in [0.05, 0.1) is 0 Å². The van der Waals surface area contributed by atoms with E-state index in [1.165, 1.54) is 0 Å². The zero-order valence-electron chi connectivity index (χ0n) is 11.6. The Hall–Kier alpha value is -2.11. The van der Waals surface area contributed by atoms with Crippen LogP contribution in [0.25, 0.3) is 0 Å². The molecule has 0 aromatic carbocycles. The van der Waals surface area contributed by atoms with Crippen LogP contribution in [0.15, 0.2) is 24.7 Å². The van der Waals surface area contributed by atoms with E-state index in [1.807, 2.05) is 28.7 Å². The Labute approximate surface area is 117 Å². The molecule has 3 rings (SSSR count). The predicted octanol–water partition coefficient (Wildman–Crippen LogP) is 1.32. The number of likely N-dealkylation sites (tertiary alicyclic amines) is 1. The van der Waals surface area contributed by atoms with Crippen molar-refractivity contribution in [3.8, 4) is 0 Å². The molecule has 1 aliphatic heterocycles. The minimum atomic E-state index is 0.162. The second-order valence-corrected chi connectivity index (χ2v) is 5.29. The van der Waals surface area contributed by atoms with E-state index >= 15 is 0 Å². The van der Waals surface area contributed by atoms with Crippen molar-refractivity contribution in [3.05, 3.63) is 36.2 Å². The van der Waals surface area contributed by atoms with Gasteiger partial charge in [0.15, 0.2) is 0 Å². The van der Waals surface area contributed by atoms with Crippen LogP contribution in [-0.2, 0) is 11.3 Å². The van der Waals surface area contributed by atoms with Crippen molar-refractivity contribution in [2.75, 3.05) is 13.1 Å². The summed E-state index contributed by atoms with van der Waals surface area (Å²) >= 11 is 0. The van der Waals surface area contributed by atoms with Crippen LogP contribution < -0.4 is 0 Å². The minimum absolute atomic E-state index is 0.162. The lowest BCUT2D eigenvalue weighted by Gasteiger charge is -2.32. The Morgan fingerprint density at radius 2 is 2.40 bits per heavy atom. The first kappa shape index (κ1) is 12.9. The predicted molar refractivity (Wildman–Crippen MR) is 74.1 cm³/mol. The highest BCUT2D eigenvalue weighted by Gasteiger charge is 2.25. The molecule has 1 saturated heterocycles. The van der Waals surface area contributed by atoms with Gasteiger partial charge in [-0.2, -0.15) is 5.10 Å². The van der Waals surface area contributed by atoms with Crippen molar-refractivity contribution >= 4 is 5.91 Å². The molecule has 0 spiro atoms. The topological polar surface area (TPSA) is 66.8 Å². The Balaban J connectivity index is 1.65. The Morgan fingerprint density at radius 3 is 3.10 bits per heavy atom. The number of aromatic amines is 1. The van der Waals surface area contributed by atoms with Gasteiger partial charge in [0.2, 0.25) is 5.91 Å². The standard InChI is InChI=1S/C14H19N5O/c1-11-15-6-8-18(11)10-14(20)19-7-2-3-12(9-19)13-4-5-16-17-13/h4-6,8,12H,2-3,7,9-10H2,1H3,(H,16,17)/t12-/m0/s1. The lowest BCUT2D eigenvalue weighted by atomic mass is 9.95. The maximum Gasteiger partial charge on any atom is 0.242 e. The van der Waals surface area contributed by atoms with Crippen molar-refractivity contribution < 1.29 is 4.79 Å². The molecule has 1 N–H and O–H groups in total. The first-order chi connectivity index (χ1) is 9.74. The van der Waals surface area contributed by atoms with Crippen LogP contribution in [0, 0.1) is 6.92 Å². The van der Waals surface area contributed by atoms with Gasteiger partial charge in [-0.15, -0.1) is 0 Å². The van der Waals surface area contributed by atoms with Crippen molar-refractivity contribution in [2.24, 2.45) is 0 Å². The van der Waals surface area contributed by atoms with E-state index in [0.717, 1.165) is 37.4 Å². The molecule has 1 atom stereocenters. The maximum atomic E-state index is 12.4. The van der Waals surface area contributed by atoms with Crippen LogP contribution in [0.5, 0.6) is 0 Å². The van der Waals surface area contributed by atoms with Crippen molar-refractivity contribution in [1.82, 2.24) is 24.6 Å². The molecule has 2 aromatic rings. The summed E-state index contributed by atoms with van der Waals surface area (Å²) in [5, 5.41) is 7.02. The fourth-order valence-electron chi connectivity index (χ4n) is 2.77. The minimum Gasteiger partial charge on any atom is -0.340 e. The van der Waals surface area contributed by atoms with Gasteiger partial charge in [-0.3, -0.25) is 9.89 Å². The van der Waals surface area contributed by atoms with E-state index in [-0.39, 0.29) is 5.91 Å². The Bertz CT molecular complexity index is 574. The number of aryl methyl sites for hydroxylation is 1. The molecular formula is C14H19N5O. The molecule has 3 heterocycles. The van der Waals surface area contributed by atoms with Crippen LogP contribution in [0.3, 0.4) is 0 Å². The van der Waals surface area contributed by atoms with Gasteiger partial charge in [-0.25, -0.2) is 4.98 Å². The van der Waals surface area contributed by atoms with Crippen LogP contribution in [0.2, 0.25) is 0 Å². The first-order valence-corrected chi connectivity index (χ1v) is 6.99. The summed E-state index contributed by atoms with van der Waals surface area (Å²) in [6, 6.07) is 2.00. The Kier molecular flexibility index (Phi) is 3.54. The molecule has 1 aliphatic rings. The number of carbonyl (C=O) groups is 1. The monoisotopic (exact) mass is 273 g/mol. The quantitative estimate of drug-likeness (QED) is 0.917. The number of nitrogens with zero attached hydrogens (tertiary/aromatic N) is 4. The smallest absolute Gasteiger partial charge is 0.242 e. The fourth-order valence-corrected chi connectivity index (χ4v) is 2.77. The third kappa shape index (κ3) is 2.59. The van der Waals surface area contributed by atoms with E-state index in [1.54, 1.807) is 12.4 Å². The summed E-state index contributed by atoms with van der Waals surface area (Å²) < 4.78 is 1.89. The number of carbonyl (C=O) groups excluding carboxylic acids is 1. The van der Waals surface area contributed by atoms with E-state index in [2.05, 4.69) is 15.2 Å². The zero-order valence-corrected chi connectivity index (χ0v) is 11.6. The second-order valence-electron chi connectivity index (χ2n) is 5.29. The molecule has 0 bridgehead atoms. The molecule has 1 fully saturated rings. The van der Waals surface area contributed by atoms with Gasteiger partial charge in [0.25, 0.3) is 0 Å². The van der Waals surface area contributed by atoms with Crippen LogP contribution >= 0.6 is 0 Å². The van der Waals surface area contributed by atoms with Gasteiger partial charge in [-0.1, -0.05) is 0 Å². The third-order valence-corrected chi connectivity index (χ3v) is 3.97. The van der Waals surface area contributed by atoms with Crippen LogP contribution in [-0.4, -0.2) is 43.6 Å². The highest BCUT2D eigenvalue weighted by molar-refractivity contribution is 5.76. The van der Waals surface area contributed by atoms with Crippen molar-refractivity contribution in [1.29, 1.82) is 0 Å². The highest BCUT2D eigenvalue weighted by atomic mass is 16.2. The van der Waals surface area contributed by atoms with Gasteiger partial charge in [0.1, 0.15) is 12.4 Å². The lowest BCUT2D eigenvalue weighted by Crippen LogP contribution is -2.41. The summed E-state index contributed by atoms with van der Waals surface area (Å²) in [7, 11) is 0. The van der Waals surface area contributed by atoms with E-state index in [4.69, 9.17) is 0 Å². The SMILES string of the molecule is Cc1nccn1CC(=O)N1CCC[C@H](c2ccn[nH]2)C1. The number of H-pyrrole nitrogens is 1. The number of piperidine rings is 1. The largest absolute Gasteiger partial charge is 0.340 e. The molecule has 1 amide bonds. The van der Waals surface area contributed by atoms with E-state index in [0.29, 0.717) is 12.5 Å². The van der Waals surface area contributed by atoms with Gasteiger partial charge >= 0.3 is 0 Å². The summed E-state index contributed by atoms with van der Waals surface area (Å²) in [6.45, 7) is 3.91. The number of hydrogen-bond acceptors (Lipinski definition) is 3. The summed E-state index contributed by atoms with van der Waals surface area (Å²) in [6.07, 6.45) is 7.50. The molecule has 0 unspecified atom stereocenters. The molecule has 6 nitrogen and oxygen atoms in total. The van der Waals surface area contributed by atoms with Gasteiger partial charge in [-0.05, 0) is 25.8 Å². The number of imidazole rings is 1. The van der Waals surface area contributed by atoms with Gasteiger partial charge < -0.3 is 9.47 Å². The number of rotatable bonds is 3. The van der Waals surface area contributed by atoms with Crippen LogP contribution in [0.4, 0.5) is 0 Å². The molecule has 2 aromatic heterocycles. The van der Waals surface area contributed by atoms with Crippen molar-refractivity contribution in [2.45, 2.75) is 32.2 Å². The Morgan fingerprint density at radius 1 is 1.50 bits per heavy atom. The number of nitrogens with one attached hydrogen (secondary N) is 1. The molecule has 0 radical (unpaired) electrons. The normalized spacial score (nSPS) is 19.2. The highest BCUT2D eigenvalue weighted by Crippen LogP contribution is 2.25. The fraction of sp³-hybridized carbons (Fsp3) is 0.500. The average molecular weight is 273 g/mol. The third-order valence-electron chi connectivity index (χ3n) is 3.97. The van der Waals surface area contributed by atoms with Gasteiger partial charge in [0, 0.05) is 43.3 Å². The molecule has 6 heteroatoms. The van der Waals surface area contributed by atoms with Crippen LogP contribution in [0.1, 0.15) is 30.3 Å².